The molecule has 0 radical (unpaired) electrons. The van der Waals surface area contributed by atoms with Crippen molar-refractivity contribution in [3.63, 3.8) is 0 Å². The van der Waals surface area contributed by atoms with Crippen LogP contribution >= 0.6 is 16.8 Å². The Morgan fingerprint density at radius 2 is 1.31 bits per heavy atom. The fourth-order valence-corrected chi connectivity index (χ4v) is 4.18. The molecule has 2 rings (SSSR count). The summed E-state index contributed by atoms with van der Waals surface area (Å²) in [6, 6.07) is 0. The van der Waals surface area contributed by atoms with Gasteiger partial charge in [-0.1, -0.05) is 20.8 Å². The number of hydrogen-bond acceptors (Lipinski definition) is 4. The molecule has 0 unspecified atom stereocenters. The molecule has 0 aromatic heterocycles. The van der Waals surface area contributed by atoms with E-state index in [4.69, 9.17) is 18.1 Å². The van der Waals surface area contributed by atoms with Crippen LogP contribution in [-0.2, 0) is 18.1 Å². The van der Waals surface area contributed by atoms with Crippen molar-refractivity contribution in [1.82, 2.24) is 0 Å². The third-order valence-corrected chi connectivity index (χ3v) is 5.44. The van der Waals surface area contributed by atoms with Crippen molar-refractivity contribution in [3.8, 4) is 0 Å². The van der Waals surface area contributed by atoms with Gasteiger partial charge in [-0.15, -0.1) is 0 Å². The minimum atomic E-state index is -0.780. The third kappa shape index (κ3) is 2.93. The second-order valence-electron chi connectivity index (χ2n) is 5.46. The highest BCUT2D eigenvalue weighted by molar-refractivity contribution is 7.49. The van der Waals surface area contributed by atoms with Gasteiger partial charge >= 0.3 is 0 Å². The van der Waals surface area contributed by atoms with E-state index in [2.05, 4.69) is 20.8 Å². The second kappa shape index (κ2) is 4.76. The molecule has 0 aromatic rings. The van der Waals surface area contributed by atoms with E-state index in [9.17, 15) is 0 Å². The van der Waals surface area contributed by atoms with Crippen molar-refractivity contribution < 1.29 is 18.1 Å². The maximum atomic E-state index is 5.86. The minimum Gasteiger partial charge on any atom is -0.333 e. The molecule has 0 aromatic carbocycles. The molecule has 0 atom stereocenters. The van der Waals surface area contributed by atoms with Crippen LogP contribution in [0.15, 0.2) is 0 Å². The van der Waals surface area contributed by atoms with E-state index in [0.717, 1.165) is 0 Å². The smallest absolute Gasteiger partial charge is 0.176 e. The monoisotopic (exact) mass is 266 g/mol. The first-order valence-corrected chi connectivity index (χ1v) is 8.27. The van der Waals surface area contributed by atoms with Crippen LogP contribution in [0.2, 0.25) is 0 Å². The van der Waals surface area contributed by atoms with Crippen LogP contribution < -0.4 is 0 Å². The van der Waals surface area contributed by atoms with Crippen LogP contribution in [0.5, 0.6) is 0 Å². The lowest BCUT2D eigenvalue weighted by Crippen LogP contribution is -2.45. The zero-order valence-electron chi connectivity index (χ0n) is 10.4. The Balaban J connectivity index is 1.89. The van der Waals surface area contributed by atoms with Gasteiger partial charge in [-0.05, 0) is 0 Å². The Morgan fingerprint density at radius 3 is 1.75 bits per heavy atom. The quantitative estimate of drug-likeness (QED) is 0.631. The molecule has 2 saturated heterocycles. The summed E-state index contributed by atoms with van der Waals surface area (Å²) in [6.07, 6.45) is 0. The molecule has 0 aliphatic carbocycles. The summed E-state index contributed by atoms with van der Waals surface area (Å²) in [5.74, 6) is 0. The molecular formula is C10H20O4P2. The summed E-state index contributed by atoms with van der Waals surface area (Å²) < 4.78 is 22.9. The molecule has 2 aliphatic heterocycles. The van der Waals surface area contributed by atoms with Crippen molar-refractivity contribution in [1.29, 1.82) is 0 Å². The van der Waals surface area contributed by atoms with E-state index < -0.39 is 16.8 Å². The van der Waals surface area contributed by atoms with Crippen LogP contribution in [0.3, 0.4) is 0 Å². The van der Waals surface area contributed by atoms with Gasteiger partial charge in [-0.25, -0.2) is 0 Å². The van der Waals surface area contributed by atoms with E-state index in [1.54, 1.807) is 0 Å². The summed E-state index contributed by atoms with van der Waals surface area (Å²) in [6.45, 7) is 11.2. The maximum Gasteiger partial charge on any atom is 0.176 e. The van der Waals surface area contributed by atoms with Crippen molar-refractivity contribution in [2.24, 2.45) is 5.41 Å². The van der Waals surface area contributed by atoms with Crippen molar-refractivity contribution >= 4 is 16.8 Å². The fourth-order valence-electron chi connectivity index (χ4n) is 1.56. The first-order chi connectivity index (χ1) is 7.41. The molecule has 94 valence electrons. The first-order valence-electron chi connectivity index (χ1n) is 5.47. The van der Waals surface area contributed by atoms with E-state index in [-0.39, 0.29) is 10.6 Å². The van der Waals surface area contributed by atoms with Gasteiger partial charge < -0.3 is 18.1 Å². The Hall–Kier alpha value is 0.700. The molecule has 2 heterocycles. The number of rotatable bonds is 0. The Labute approximate surface area is 99.8 Å². The van der Waals surface area contributed by atoms with Crippen LogP contribution in [0.4, 0.5) is 0 Å². The molecule has 2 aliphatic rings. The molecule has 0 bridgehead atoms. The Morgan fingerprint density at radius 1 is 0.875 bits per heavy atom. The van der Waals surface area contributed by atoms with Crippen LogP contribution in [-0.4, -0.2) is 38.2 Å². The molecule has 0 N–H and O–H groups in total. The zero-order chi connectivity index (χ0) is 11.8. The molecule has 2 fully saturated rings. The van der Waals surface area contributed by atoms with Gasteiger partial charge in [0.05, 0.1) is 31.8 Å². The largest absolute Gasteiger partial charge is 0.333 e. The predicted octanol–water partition coefficient (Wildman–Crippen LogP) is 3.12. The summed E-state index contributed by atoms with van der Waals surface area (Å²) in [5, 5.41) is 0.0880. The zero-order valence-corrected chi connectivity index (χ0v) is 12.1. The van der Waals surface area contributed by atoms with Gasteiger partial charge in [-0.2, -0.15) is 0 Å². The third-order valence-electron chi connectivity index (χ3n) is 2.63. The lowest BCUT2D eigenvalue weighted by molar-refractivity contribution is -0.0544. The second-order valence-corrected chi connectivity index (χ2v) is 9.23. The van der Waals surface area contributed by atoms with Crippen molar-refractivity contribution in [3.05, 3.63) is 0 Å². The maximum absolute atomic E-state index is 5.86. The highest BCUT2D eigenvalue weighted by Gasteiger charge is 2.44. The van der Waals surface area contributed by atoms with Gasteiger partial charge in [0.15, 0.2) is 16.8 Å². The lowest BCUT2D eigenvalue weighted by Gasteiger charge is -2.44. The average molecular weight is 266 g/mol. The molecule has 0 amide bonds. The fraction of sp³-hybridized carbons (Fsp3) is 1.00. The van der Waals surface area contributed by atoms with E-state index in [1.165, 1.54) is 0 Å². The van der Waals surface area contributed by atoms with Crippen LogP contribution in [0.1, 0.15) is 20.8 Å². The molecular weight excluding hydrogens is 246 g/mol. The summed E-state index contributed by atoms with van der Waals surface area (Å²) in [5.41, 5.74) is -0.0705. The van der Waals surface area contributed by atoms with E-state index in [1.807, 2.05) is 6.66 Å². The van der Waals surface area contributed by atoms with Gasteiger partial charge in [0.2, 0.25) is 0 Å². The first kappa shape index (κ1) is 13.1. The van der Waals surface area contributed by atoms with Crippen molar-refractivity contribution in [2.75, 3.05) is 33.1 Å². The predicted molar refractivity (Wildman–Crippen MR) is 65.8 cm³/mol. The molecule has 16 heavy (non-hydrogen) atoms. The topological polar surface area (TPSA) is 36.9 Å². The van der Waals surface area contributed by atoms with E-state index in [0.29, 0.717) is 26.4 Å². The standard InChI is InChI=1S/C10H20O4P2/c1-9(2,3)16-13-7-10(8-14-16)5-11-15(4)12-6-10/h5-8H2,1-4H3. The van der Waals surface area contributed by atoms with E-state index >= 15 is 0 Å². The molecule has 0 saturated carbocycles. The van der Waals surface area contributed by atoms with Crippen LogP contribution in [0.25, 0.3) is 0 Å². The minimum absolute atomic E-state index is 0.0705. The summed E-state index contributed by atoms with van der Waals surface area (Å²) in [4.78, 5) is 0. The summed E-state index contributed by atoms with van der Waals surface area (Å²) >= 11 is 0. The normalized spacial score (nSPS) is 41.2. The highest BCUT2D eigenvalue weighted by Crippen LogP contribution is 2.57. The Bertz CT molecular complexity index is 236. The molecule has 6 heteroatoms. The summed E-state index contributed by atoms with van der Waals surface area (Å²) in [7, 11) is -1.46. The van der Waals surface area contributed by atoms with Crippen molar-refractivity contribution in [2.45, 2.75) is 25.9 Å². The van der Waals surface area contributed by atoms with Gasteiger partial charge in [-0.3, -0.25) is 0 Å². The van der Waals surface area contributed by atoms with Gasteiger partial charge in [0, 0.05) is 11.8 Å². The van der Waals surface area contributed by atoms with Gasteiger partial charge in [0.1, 0.15) is 0 Å². The van der Waals surface area contributed by atoms with Crippen LogP contribution in [0, 0.1) is 5.41 Å². The lowest BCUT2D eigenvalue weighted by atomic mass is 9.93. The SMILES string of the molecule is CP1OCC2(CO1)COP(C(C)(C)C)OC2. The molecule has 4 nitrogen and oxygen atoms in total. The Kier molecular flexibility index (Phi) is 3.91. The van der Waals surface area contributed by atoms with Gasteiger partial charge in [0.25, 0.3) is 0 Å². The number of hydrogen-bond donors (Lipinski definition) is 0. The average Bonchev–Trinajstić information content (AvgIpc) is 2.22. The molecule has 1 spiro atoms. The highest BCUT2D eigenvalue weighted by atomic mass is 31.2.